The SMILES string of the molecule is COc1cccc(C(=O)OC(C)C(=O)N2CCCC2)c1N. The Kier molecular flexibility index (Phi) is 4.67. The summed E-state index contributed by atoms with van der Waals surface area (Å²) >= 11 is 0. The third kappa shape index (κ3) is 3.26. The molecule has 0 radical (unpaired) electrons. The van der Waals surface area contributed by atoms with Crippen molar-refractivity contribution in [1.82, 2.24) is 4.90 Å². The first-order valence-electron chi connectivity index (χ1n) is 6.97. The Morgan fingerprint density at radius 2 is 1.95 bits per heavy atom. The Morgan fingerprint density at radius 1 is 1.29 bits per heavy atom. The second-order valence-electron chi connectivity index (χ2n) is 5.00. The highest BCUT2D eigenvalue weighted by atomic mass is 16.5. The largest absolute Gasteiger partial charge is 0.495 e. The Hall–Kier alpha value is -2.24. The number of anilines is 1. The number of methoxy groups -OCH3 is 1. The molecule has 1 heterocycles. The second kappa shape index (κ2) is 6.47. The maximum atomic E-state index is 12.1. The van der Waals surface area contributed by atoms with Crippen LogP contribution in [-0.4, -0.2) is 43.1 Å². The molecule has 6 nitrogen and oxygen atoms in total. The minimum absolute atomic E-state index is 0.165. The number of para-hydroxylation sites is 1. The van der Waals surface area contributed by atoms with Gasteiger partial charge in [0.1, 0.15) is 5.75 Å². The maximum Gasteiger partial charge on any atom is 0.341 e. The number of esters is 1. The zero-order valence-corrected chi connectivity index (χ0v) is 12.3. The number of ether oxygens (including phenoxy) is 2. The fraction of sp³-hybridized carbons (Fsp3) is 0.467. The molecular formula is C15H20N2O4. The summed E-state index contributed by atoms with van der Waals surface area (Å²) in [4.78, 5) is 26.0. The lowest BCUT2D eigenvalue weighted by atomic mass is 10.1. The summed E-state index contributed by atoms with van der Waals surface area (Å²) in [5.74, 6) is -0.378. The van der Waals surface area contributed by atoms with Crippen molar-refractivity contribution in [2.24, 2.45) is 0 Å². The molecule has 114 valence electrons. The van der Waals surface area contributed by atoms with Crippen molar-refractivity contribution in [1.29, 1.82) is 0 Å². The van der Waals surface area contributed by atoms with Gasteiger partial charge in [-0.1, -0.05) is 6.07 Å². The third-order valence-electron chi connectivity index (χ3n) is 3.56. The van der Waals surface area contributed by atoms with Crippen molar-refractivity contribution in [3.05, 3.63) is 23.8 Å². The van der Waals surface area contributed by atoms with Crippen LogP contribution in [0.2, 0.25) is 0 Å². The predicted octanol–water partition coefficient (Wildman–Crippen LogP) is 1.45. The first-order valence-corrected chi connectivity index (χ1v) is 6.97. The van der Waals surface area contributed by atoms with Gasteiger partial charge in [0.2, 0.25) is 0 Å². The third-order valence-corrected chi connectivity index (χ3v) is 3.56. The van der Waals surface area contributed by atoms with Crippen molar-refractivity contribution >= 4 is 17.6 Å². The van der Waals surface area contributed by atoms with Gasteiger partial charge in [0.15, 0.2) is 6.10 Å². The number of nitrogens with zero attached hydrogens (tertiary/aromatic N) is 1. The molecule has 2 N–H and O–H groups in total. The highest BCUT2D eigenvalue weighted by Crippen LogP contribution is 2.25. The van der Waals surface area contributed by atoms with Crippen LogP contribution in [0.25, 0.3) is 0 Å². The molecule has 6 heteroatoms. The average Bonchev–Trinajstić information content (AvgIpc) is 3.00. The normalized spacial score (nSPS) is 15.6. The van der Waals surface area contributed by atoms with E-state index in [9.17, 15) is 9.59 Å². The van der Waals surface area contributed by atoms with E-state index in [-0.39, 0.29) is 17.2 Å². The van der Waals surface area contributed by atoms with Crippen LogP contribution in [0.1, 0.15) is 30.1 Å². The summed E-state index contributed by atoms with van der Waals surface area (Å²) in [6.45, 7) is 3.03. The number of likely N-dealkylation sites (tertiary alicyclic amines) is 1. The molecule has 0 aromatic heterocycles. The number of amides is 1. The van der Waals surface area contributed by atoms with Crippen LogP contribution in [-0.2, 0) is 9.53 Å². The number of hydrogen-bond donors (Lipinski definition) is 1. The maximum absolute atomic E-state index is 12.1. The van der Waals surface area contributed by atoms with Gasteiger partial charge in [-0.05, 0) is 31.9 Å². The lowest BCUT2D eigenvalue weighted by molar-refractivity contribution is -0.138. The first kappa shape index (κ1) is 15.2. The van der Waals surface area contributed by atoms with Gasteiger partial charge < -0.3 is 20.1 Å². The lowest BCUT2D eigenvalue weighted by Crippen LogP contribution is -2.38. The summed E-state index contributed by atoms with van der Waals surface area (Å²) in [7, 11) is 1.47. The molecule has 2 rings (SSSR count). The van der Waals surface area contributed by atoms with E-state index < -0.39 is 12.1 Å². The number of nitrogens with two attached hydrogens (primary N) is 1. The van der Waals surface area contributed by atoms with Gasteiger partial charge in [0, 0.05) is 13.1 Å². The van der Waals surface area contributed by atoms with Gasteiger partial charge in [0.25, 0.3) is 5.91 Å². The molecule has 1 unspecified atom stereocenters. The smallest absolute Gasteiger partial charge is 0.341 e. The van der Waals surface area contributed by atoms with E-state index >= 15 is 0 Å². The molecule has 21 heavy (non-hydrogen) atoms. The Balaban J connectivity index is 2.05. The Bertz CT molecular complexity index is 538. The highest BCUT2D eigenvalue weighted by molar-refractivity contribution is 5.98. The van der Waals surface area contributed by atoms with Gasteiger partial charge in [-0.25, -0.2) is 4.79 Å². The molecule has 0 aliphatic carbocycles. The van der Waals surface area contributed by atoms with Crippen molar-refractivity contribution < 1.29 is 19.1 Å². The first-order chi connectivity index (χ1) is 10.0. The van der Waals surface area contributed by atoms with Crippen LogP contribution >= 0.6 is 0 Å². The second-order valence-corrected chi connectivity index (χ2v) is 5.00. The number of nitrogen functional groups attached to an aromatic ring is 1. The minimum Gasteiger partial charge on any atom is -0.495 e. The van der Waals surface area contributed by atoms with Crippen molar-refractivity contribution in [2.45, 2.75) is 25.9 Å². The van der Waals surface area contributed by atoms with Gasteiger partial charge in [-0.2, -0.15) is 0 Å². The number of carbonyl (C=O) groups is 2. The number of benzene rings is 1. The fourth-order valence-corrected chi connectivity index (χ4v) is 2.37. The quantitative estimate of drug-likeness (QED) is 0.671. The monoisotopic (exact) mass is 292 g/mol. The minimum atomic E-state index is -0.818. The van der Waals surface area contributed by atoms with Crippen LogP contribution in [0.15, 0.2) is 18.2 Å². The van der Waals surface area contributed by atoms with Crippen LogP contribution in [0.5, 0.6) is 5.75 Å². The molecule has 0 saturated carbocycles. The molecule has 1 fully saturated rings. The predicted molar refractivity (Wildman–Crippen MR) is 78.1 cm³/mol. The molecule has 1 aromatic carbocycles. The summed E-state index contributed by atoms with van der Waals surface area (Å²) in [6.07, 6.45) is 1.17. The van der Waals surface area contributed by atoms with Crippen LogP contribution < -0.4 is 10.5 Å². The average molecular weight is 292 g/mol. The summed E-state index contributed by atoms with van der Waals surface area (Å²) in [5, 5.41) is 0. The zero-order valence-electron chi connectivity index (χ0n) is 12.3. The van der Waals surface area contributed by atoms with Gasteiger partial charge >= 0.3 is 5.97 Å². The van der Waals surface area contributed by atoms with Gasteiger partial charge in [0.05, 0.1) is 18.4 Å². The van der Waals surface area contributed by atoms with Crippen molar-refractivity contribution in [2.75, 3.05) is 25.9 Å². The van der Waals surface area contributed by atoms with Gasteiger partial charge in [-0.3, -0.25) is 4.79 Å². The van der Waals surface area contributed by atoms with E-state index in [1.165, 1.54) is 7.11 Å². The summed E-state index contributed by atoms with van der Waals surface area (Å²) in [6, 6.07) is 4.86. The summed E-state index contributed by atoms with van der Waals surface area (Å²) in [5.41, 5.74) is 6.27. The Labute approximate surface area is 123 Å². The molecular weight excluding hydrogens is 272 g/mol. The lowest BCUT2D eigenvalue weighted by Gasteiger charge is -2.20. The number of hydrogen-bond acceptors (Lipinski definition) is 5. The van der Waals surface area contributed by atoms with Crippen LogP contribution in [0.3, 0.4) is 0 Å². The standard InChI is InChI=1S/C15H20N2O4/c1-10(14(18)17-8-3-4-9-17)21-15(19)11-6-5-7-12(20-2)13(11)16/h5-7,10H,3-4,8-9,16H2,1-2H3. The molecule has 0 bridgehead atoms. The molecule has 0 spiro atoms. The van der Waals surface area contributed by atoms with E-state index in [0.29, 0.717) is 5.75 Å². The number of rotatable bonds is 4. The molecule has 1 aliphatic rings. The molecule has 1 aliphatic heterocycles. The van der Waals surface area contributed by atoms with Crippen LogP contribution in [0, 0.1) is 0 Å². The number of carbonyl (C=O) groups excluding carboxylic acids is 2. The Morgan fingerprint density at radius 3 is 2.57 bits per heavy atom. The molecule has 1 aromatic rings. The van der Waals surface area contributed by atoms with E-state index in [1.54, 1.807) is 30.0 Å². The zero-order chi connectivity index (χ0) is 15.4. The van der Waals surface area contributed by atoms with Crippen molar-refractivity contribution in [3.63, 3.8) is 0 Å². The van der Waals surface area contributed by atoms with E-state index in [1.807, 2.05) is 0 Å². The fourth-order valence-electron chi connectivity index (χ4n) is 2.37. The summed E-state index contributed by atoms with van der Waals surface area (Å²) < 4.78 is 10.3. The molecule has 1 atom stereocenters. The van der Waals surface area contributed by atoms with Crippen molar-refractivity contribution in [3.8, 4) is 5.75 Å². The van der Waals surface area contributed by atoms with E-state index in [0.717, 1.165) is 25.9 Å². The van der Waals surface area contributed by atoms with Crippen LogP contribution in [0.4, 0.5) is 5.69 Å². The van der Waals surface area contributed by atoms with E-state index in [2.05, 4.69) is 0 Å². The topological polar surface area (TPSA) is 81.9 Å². The molecule has 1 amide bonds. The van der Waals surface area contributed by atoms with E-state index in [4.69, 9.17) is 15.2 Å². The van der Waals surface area contributed by atoms with Gasteiger partial charge in [-0.15, -0.1) is 0 Å². The molecule has 1 saturated heterocycles. The highest BCUT2D eigenvalue weighted by Gasteiger charge is 2.27.